The van der Waals surface area contributed by atoms with Gasteiger partial charge in [0, 0.05) is 59.4 Å². The number of methoxy groups -OCH3 is 2. The summed E-state index contributed by atoms with van der Waals surface area (Å²) in [5, 5.41) is 10.4. The number of hydrogen-bond donors (Lipinski definition) is 4. The van der Waals surface area contributed by atoms with E-state index in [1.165, 1.54) is 24.3 Å². The highest BCUT2D eigenvalue weighted by atomic mass is 19.3. The Labute approximate surface area is 386 Å². The molecule has 1 unspecified atom stereocenters. The highest BCUT2D eigenvalue weighted by molar-refractivity contribution is 6.02. The smallest absolute Gasteiger partial charge is 0.407 e. The highest BCUT2D eigenvalue weighted by Crippen LogP contribution is 2.46. The second-order valence-electron chi connectivity index (χ2n) is 17.0. The van der Waals surface area contributed by atoms with E-state index in [0.717, 1.165) is 31.3 Å². The van der Waals surface area contributed by atoms with Crippen molar-refractivity contribution in [3.63, 3.8) is 0 Å². The van der Waals surface area contributed by atoms with E-state index in [0.29, 0.717) is 33.1 Å². The molecule has 2 aliphatic rings. The molecule has 2 aliphatic heterocycles. The van der Waals surface area contributed by atoms with Gasteiger partial charge in [-0.15, -0.1) is 0 Å². The van der Waals surface area contributed by atoms with E-state index >= 15 is 0 Å². The summed E-state index contributed by atoms with van der Waals surface area (Å²) in [7, 11) is 2.16. The van der Waals surface area contributed by atoms with Crippen molar-refractivity contribution in [3.8, 4) is 17.0 Å². The molecule has 3 heterocycles. The van der Waals surface area contributed by atoms with E-state index in [2.05, 4.69) is 30.7 Å². The number of fused-ring (bicyclic) bond motifs is 5. The number of alkyl halides is 4. The van der Waals surface area contributed by atoms with Gasteiger partial charge in [-0.1, -0.05) is 27.7 Å². The van der Waals surface area contributed by atoms with Crippen LogP contribution in [-0.4, -0.2) is 121 Å². The first-order valence-corrected chi connectivity index (χ1v) is 21.5. The lowest BCUT2D eigenvalue weighted by Gasteiger charge is -2.34. The summed E-state index contributed by atoms with van der Waals surface area (Å²) in [6.07, 6.45) is -4.70. The molecule has 0 spiro atoms. The van der Waals surface area contributed by atoms with Gasteiger partial charge in [-0.05, 0) is 60.4 Å². The van der Waals surface area contributed by atoms with Crippen molar-refractivity contribution in [2.75, 3.05) is 51.3 Å². The van der Waals surface area contributed by atoms with Crippen LogP contribution in [0, 0.1) is 23.5 Å². The first-order valence-electron chi connectivity index (χ1n) is 21.5. The van der Waals surface area contributed by atoms with E-state index in [1.807, 2.05) is 0 Å². The number of ether oxygens (including phenoxy) is 3. The van der Waals surface area contributed by atoms with Crippen molar-refractivity contribution in [2.45, 2.75) is 76.9 Å². The fraction of sp³-hybridized carbons (Fsp3) is 0.435. The minimum atomic E-state index is -3.45. The molecule has 5 atom stereocenters. The predicted molar refractivity (Wildman–Crippen MR) is 235 cm³/mol. The van der Waals surface area contributed by atoms with Crippen LogP contribution in [0.4, 0.5) is 47.3 Å². The zero-order chi connectivity index (χ0) is 49.8. The van der Waals surface area contributed by atoms with Crippen molar-refractivity contribution >= 4 is 58.1 Å². The number of halogens is 6. The number of anilines is 2. The van der Waals surface area contributed by atoms with Crippen LogP contribution in [0.15, 0.2) is 60.7 Å². The first-order chi connectivity index (χ1) is 32.2. The molecule has 1 fully saturated rings. The van der Waals surface area contributed by atoms with Gasteiger partial charge in [-0.2, -0.15) is 0 Å². The van der Waals surface area contributed by atoms with Gasteiger partial charge in [0.05, 0.1) is 38.6 Å². The molecule has 68 heavy (non-hydrogen) atoms. The Morgan fingerprint density at radius 1 is 0.809 bits per heavy atom. The Morgan fingerprint density at radius 3 is 2.03 bits per heavy atom. The van der Waals surface area contributed by atoms with Crippen LogP contribution in [-0.2, 0) is 28.7 Å². The summed E-state index contributed by atoms with van der Waals surface area (Å²) in [5.74, 6) is -9.90. The van der Waals surface area contributed by atoms with Crippen molar-refractivity contribution in [2.24, 2.45) is 11.8 Å². The number of rotatable bonds is 16. The number of carbonyl (C=O) groups excluding carboxylic acids is 6. The third kappa shape index (κ3) is 10.9. The topological polar surface area (TPSA) is 190 Å². The van der Waals surface area contributed by atoms with Gasteiger partial charge >= 0.3 is 12.2 Å². The highest BCUT2D eigenvalue weighted by Gasteiger charge is 2.51. The van der Waals surface area contributed by atoms with Crippen LogP contribution in [0.3, 0.4) is 0 Å². The van der Waals surface area contributed by atoms with Crippen LogP contribution in [0.1, 0.15) is 52.3 Å². The Balaban J connectivity index is 1.33. The van der Waals surface area contributed by atoms with E-state index in [4.69, 9.17) is 4.74 Å². The van der Waals surface area contributed by atoms with Gasteiger partial charge in [0.2, 0.25) is 29.9 Å². The fourth-order valence-corrected chi connectivity index (χ4v) is 8.32. The Kier molecular flexibility index (Phi) is 15.5. The molecule has 0 bridgehead atoms. The molecular weight excluding hydrogens is 909 g/mol. The molecule has 4 aromatic rings. The van der Waals surface area contributed by atoms with Crippen LogP contribution < -0.4 is 26.0 Å². The Hall–Kier alpha value is -7.00. The van der Waals surface area contributed by atoms with Crippen molar-refractivity contribution in [1.29, 1.82) is 0 Å². The molecule has 366 valence electrons. The lowest BCUT2D eigenvalue weighted by Crippen LogP contribution is -2.57. The number of nitrogens with zero attached hydrogens (tertiary/aromatic N) is 3. The number of hydrogen-bond acceptors (Lipinski definition) is 9. The molecule has 22 heteroatoms. The van der Waals surface area contributed by atoms with Crippen molar-refractivity contribution in [3.05, 3.63) is 77.9 Å². The average Bonchev–Trinajstić information content (AvgIpc) is 3.83. The zero-order valence-corrected chi connectivity index (χ0v) is 37.8. The summed E-state index contributed by atoms with van der Waals surface area (Å²) < 4.78 is 105. The van der Waals surface area contributed by atoms with Gasteiger partial charge in [0.25, 0.3) is 5.92 Å². The molecule has 0 radical (unpaired) electrons. The maximum atomic E-state index is 14.9. The Bertz CT molecular complexity index is 2560. The second kappa shape index (κ2) is 20.9. The SMILES string of the molecule is COC(=O)N[C@H](C(=O)N(CCF)[C@@H](CCF)C(=O)Nc1ccc2c(c1)cc1n2C(c2cc(F)cc(F)c2)Oc2cc(NC(=O)[C@@H]3CC(F)(F)CN3C(=O)[C@@H](NC(=O)OC)C(C)C)ccc2-1)C(C)C. The fourth-order valence-electron chi connectivity index (χ4n) is 8.32. The van der Waals surface area contributed by atoms with Gasteiger partial charge in [0.15, 0.2) is 0 Å². The van der Waals surface area contributed by atoms with E-state index in [9.17, 15) is 55.1 Å². The molecular formula is C46H51F6N7O9. The van der Waals surface area contributed by atoms with Gasteiger partial charge < -0.3 is 49.8 Å². The third-order valence-corrected chi connectivity index (χ3v) is 11.6. The lowest BCUT2D eigenvalue weighted by atomic mass is 10.0. The average molecular weight is 960 g/mol. The predicted octanol–water partition coefficient (Wildman–Crippen LogP) is 6.93. The molecule has 3 aromatic carbocycles. The molecule has 16 nitrogen and oxygen atoms in total. The molecule has 0 saturated carbocycles. The molecule has 1 saturated heterocycles. The summed E-state index contributed by atoms with van der Waals surface area (Å²) in [6, 6.07) is 7.69. The first kappa shape index (κ1) is 50.4. The summed E-state index contributed by atoms with van der Waals surface area (Å²) in [5.41, 5.74) is 1.50. The van der Waals surface area contributed by atoms with Crippen LogP contribution in [0.5, 0.6) is 5.75 Å². The van der Waals surface area contributed by atoms with Gasteiger partial charge in [0.1, 0.15) is 48.2 Å². The monoisotopic (exact) mass is 959 g/mol. The molecule has 6 amide bonds. The van der Waals surface area contributed by atoms with Gasteiger partial charge in [-0.3, -0.25) is 23.6 Å². The third-order valence-electron chi connectivity index (χ3n) is 11.6. The number of benzene rings is 3. The van der Waals surface area contributed by atoms with E-state index in [1.54, 1.807) is 50.5 Å². The zero-order valence-electron chi connectivity index (χ0n) is 37.8. The number of alkyl carbamates (subject to hydrolysis) is 2. The number of aromatic nitrogens is 1. The Morgan fingerprint density at radius 2 is 1.43 bits per heavy atom. The number of likely N-dealkylation sites (tertiary alicyclic amines) is 1. The molecule has 6 rings (SSSR count). The quantitative estimate of drug-likeness (QED) is 0.0864. The maximum Gasteiger partial charge on any atom is 0.407 e. The summed E-state index contributed by atoms with van der Waals surface area (Å²) in [6.45, 7) is 2.55. The van der Waals surface area contributed by atoms with Crippen molar-refractivity contribution < 1.29 is 69.3 Å². The number of carbonyl (C=O) groups is 6. The normalized spacial score (nSPS) is 17.3. The molecule has 1 aromatic heterocycles. The minimum absolute atomic E-state index is 0.0226. The van der Waals surface area contributed by atoms with Crippen LogP contribution in [0.25, 0.3) is 22.2 Å². The maximum absolute atomic E-state index is 14.9. The summed E-state index contributed by atoms with van der Waals surface area (Å²) >= 11 is 0. The minimum Gasteiger partial charge on any atom is -0.465 e. The second-order valence-corrected chi connectivity index (χ2v) is 17.0. The van der Waals surface area contributed by atoms with Gasteiger partial charge in [-0.25, -0.2) is 31.5 Å². The largest absolute Gasteiger partial charge is 0.465 e. The molecule has 4 N–H and O–H groups in total. The van der Waals surface area contributed by atoms with Crippen LogP contribution in [0.2, 0.25) is 0 Å². The van der Waals surface area contributed by atoms with E-state index in [-0.39, 0.29) is 22.7 Å². The number of nitrogens with one attached hydrogen (secondary N) is 4. The molecule has 0 aliphatic carbocycles. The van der Waals surface area contributed by atoms with E-state index < -0.39 is 135 Å². The number of amides is 6. The van der Waals surface area contributed by atoms with Crippen molar-refractivity contribution in [1.82, 2.24) is 25.0 Å². The lowest BCUT2D eigenvalue weighted by molar-refractivity contribution is -0.141. The standard InChI is InChI=1S/C46H51F6N7O9/c1-23(2)37(55-44(64)66-5)41(62)57(14-13-48)33(11-12-47)39(60)53-29-8-10-32-25(17-29)18-34-31-9-7-30(20-36(31)68-43(59(32)34)26-15-27(49)19-28(50)16-26)54-40(61)35-21-46(51,52)22-58(35)42(63)38(24(3)4)56-45(65)67-6/h7-10,15-20,23-24,33,35,37-38,43H,11-14,21-22H2,1-6H3,(H,53,60)(H,54,61)(H,55,64)(H,56,65)/t33-,35-,37-,38-,43?/m0/s1. The summed E-state index contributed by atoms with van der Waals surface area (Å²) in [4.78, 5) is 80.5. The van der Waals surface area contributed by atoms with Crippen LogP contribution >= 0.6 is 0 Å².